The summed E-state index contributed by atoms with van der Waals surface area (Å²) >= 11 is 4.70. The van der Waals surface area contributed by atoms with E-state index in [1.807, 2.05) is 12.1 Å². The second kappa shape index (κ2) is 4.90. The van der Waals surface area contributed by atoms with E-state index in [0.717, 1.165) is 40.5 Å². The van der Waals surface area contributed by atoms with E-state index >= 15 is 0 Å². The number of nitro groups is 1. The molecule has 0 saturated heterocycles. The first kappa shape index (κ1) is 13.6. The van der Waals surface area contributed by atoms with Gasteiger partial charge in [0, 0.05) is 35.8 Å². The monoisotopic (exact) mass is 291 g/mol. The number of hydrogen-bond acceptors (Lipinski definition) is 3. The molecule has 1 aromatic rings. The summed E-state index contributed by atoms with van der Waals surface area (Å²) in [4.78, 5) is 10.6. The van der Waals surface area contributed by atoms with Crippen LogP contribution in [0.15, 0.2) is 23.2 Å². The van der Waals surface area contributed by atoms with Crippen molar-refractivity contribution in [2.24, 2.45) is 5.92 Å². The predicted molar refractivity (Wildman–Crippen MR) is 84.6 cm³/mol. The van der Waals surface area contributed by atoms with Crippen LogP contribution in [0.1, 0.15) is 31.7 Å². The minimum Gasteiger partial charge on any atom is -0.258 e. The molecule has 1 aliphatic heterocycles. The summed E-state index contributed by atoms with van der Waals surface area (Å²) in [7, 11) is 0. The Hall–Kier alpha value is -1.33. The number of quaternary nitrogens is 1. The second-order valence-corrected chi connectivity index (χ2v) is 6.28. The topological polar surface area (TPSA) is 43.1 Å². The lowest BCUT2D eigenvalue weighted by Gasteiger charge is -2.35. The van der Waals surface area contributed by atoms with Crippen molar-refractivity contribution in [1.29, 1.82) is 0 Å². The molecule has 2 aliphatic rings. The Morgan fingerprint density at radius 3 is 2.80 bits per heavy atom. The van der Waals surface area contributed by atoms with E-state index in [1.165, 1.54) is 18.5 Å². The Morgan fingerprint density at radius 2 is 2.20 bits per heavy atom. The zero-order valence-corrected chi connectivity index (χ0v) is 12.5. The van der Waals surface area contributed by atoms with Crippen LogP contribution in [-0.2, 0) is 0 Å². The SMILES string of the molecule is CCC[N+]1(CC2CC2)C(S)=Cc2cc([N+](=O)[O-])ccc21. The lowest BCUT2D eigenvalue weighted by atomic mass is 10.1. The van der Waals surface area contributed by atoms with Gasteiger partial charge in [0.2, 0.25) is 0 Å². The first-order valence-corrected chi connectivity index (χ1v) is 7.59. The van der Waals surface area contributed by atoms with Gasteiger partial charge in [-0.25, -0.2) is 0 Å². The lowest BCUT2D eigenvalue weighted by Crippen LogP contribution is -2.47. The molecular weight excluding hydrogens is 272 g/mol. The highest BCUT2D eigenvalue weighted by atomic mass is 32.1. The Morgan fingerprint density at radius 1 is 1.45 bits per heavy atom. The number of hydrogen-bond donors (Lipinski definition) is 1. The van der Waals surface area contributed by atoms with Crippen molar-refractivity contribution in [2.75, 3.05) is 13.1 Å². The fourth-order valence-corrected chi connectivity index (χ4v) is 3.62. The van der Waals surface area contributed by atoms with Crippen LogP contribution in [0.25, 0.3) is 6.08 Å². The molecule has 5 heteroatoms. The summed E-state index contributed by atoms with van der Waals surface area (Å²) in [5.74, 6) is 0.776. The summed E-state index contributed by atoms with van der Waals surface area (Å²) in [6.07, 6.45) is 5.67. The summed E-state index contributed by atoms with van der Waals surface area (Å²) in [5, 5.41) is 11.9. The highest BCUT2D eigenvalue weighted by Gasteiger charge is 2.44. The third kappa shape index (κ3) is 2.15. The van der Waals surface area contributed by atoms with Crippen molar-refractivity contribution < 1.29 is 4.92 Å². The quantitative estimate of drug-likeness (QED) is 0.386. The van der Waals surface area contributed by atoms with Crippen LogP contribution in [0.5, 0.6) is 0 Å². The number of rotatable bonds is 5. The zero-order chi connectivity index (χ0) is 14.3. The molecule has 20 heavy (non-hydrogen) atoms. The summed E-state index contributed by atoms with van der Waals surface area (Å²) in [6, 6.07) is 5.22. The van der Waals surface area contributed by atoms with E-state index in [4.69, 9.17) is 12.6 Å². The van der Waals surface area contributed by atoms with Crippen LogP contribution in [0, 0.1) is 16.0 Å². The van der Waals surface area contributed by atoms with Gasteiger partial charge in [0.1, 0.15) is 5.69 Å². The summed E-state index contributed by atoms with van der Waals surface area (Å²) < 4.78 is 0.775. The van der Waals surface area contributed by atoms with Crippen molar-refractivity contribution in [2.45, 2.75) is 26.2 Å². The van der Waals surface area contributed by atoms with Crippen molar-refractivity contribution in [3.05, 3.63) is 38.9 Å². The first-order valence-electron chi connectivity index (χ1n) is 7.14. The van der Waals surface area contributed by atoms with Crippen molar-refractivity contribution >= 4 is 30.1 Å². The number of thiol groups is 1. The maximum absolute atomic E-state index is 10.9. The van der Waals surface area contributed by atoms with Gasteiger partial charge in [0.25, 0.3) is 5.69 Å². The molecule has 0 radical (unpaired) electrons. The van der Waals surface area contributed by atoms with Crippen LogP contribution in [0.3, 0.4) is 0 Å². The molecule has 1 atom stereocenters. The average molecular weight is 291 g/mol. The van der Waals surface area contributed by atoms with Crippen molar-refractivity contribution in [3.63, 3.8) is 0 Å². The third-order valence-corrected chi connectivity index (χ3v) is 4.79. The molecule has 1 saturated carbocycles. The van der Waals surface area contributed by atoms with Crippen LogP contribution >= 0.6 is 12.6 Å². The normalized spacial score (nSPS) is 24.4. The molecule has 4 nitrogen and oxygen atoms in total. The first-order chi connectivity index (χ1) is 9.56. The smallest absolute Gasteiger partial charge is 0.258 e. The number of benzene rings is 1. The molecule has 1 aromatic carbocycles. The molecule has 1 heterocycles. The van der Waals surface area contributed by atoms with Crippen LogP contribution in [-0.4, -0.2) is 18.0 Å². The van der Waals surface area contributed by atoms with Gasteiger partial charge in [-0.15, -0.1) is 0 Å². The fourth-order valence-electron chi connectivity index (χ4n) is 3.19. The minimum absolute atomic E-state index is 0.157. The fraction of sp³-hybridized carbons (Fsp3) is 0.467. The number of nitrogens with zero attached hydrogens (tertiary/aromatic N) is 2. The standard InChI is InChI=1S/C15H18N2O2S/c1-2-7-17(10-11-3-4-11)14-6-5-13(16(18)19)8-12(14)9-15(17)20/h5-6,8-9,11H,2-4,7,10H2,1H3/p+1. The molecule has 3 rings (SSSR count). The van der Waals surface area contributed by atoms with Crippen LogP contribution in [0.4, 0.5) is 11.4 Å². The molecule has 1 fully saturated rings. The maximum Gasteiger partial charge on any atom is 0.270 e. The number of nitro benzene ring substituents is 1. The van der Waals surface area contributed by atoms with Gasteiger partial charge >= 0.3 is 0 Å². The van der Waals surface area contributed by atoms with Gasteiger partial charge < -0.3 is 0 Å². The van der Waals surface area contributed by atoms with Gasteiger partial charge in [0.15, 0.2) is 5.03 Å². The van der Waals surface area contributed by atoms with E-state index in [9.17, 15) is 10.1 Å². The Labute approximate surface area is 124 Å². The summed E-state index contributed by atoms with van der Waals surface area (Å²) in [6.45, 7) is 4.27. The maximum atomic E-state index is 10.9. The van der Waals surface area contributed by atoms with E-state index < -0.39 is 0 Å². The average Bonchev–Trinajstić information content (AvgIpc) is 3.17. The number of non-ortho nitro benzene ring substituents is 1. The molecule has 0 bridgehead atoms. The molecular formula is C15H19N2O2S+. The van der Waals surface area contributed by atoms with Gasteiger partial charge in [-0.3, -0.25) is 14.6 Å². The van der Waals surface area contributed by atoms with Crippen LogP contribution in [0.2, 0.25) is 0 Å². The zero-order valence-electron chi connectivity index (χ0n) is 11.6. The summed E-state index contributed by atoms with van der Waals surface area (Å²) in [5.41, 5.74) is 2.29. The molecule has 1 aliphatic carbocycles. The molecule has 106 valence electrons. The molecule has 1 unspecified atom stereocenters. The van der Waals surface area contributed by atoms with Crippen molar-refractivity contribution in [3.8, 4) is 0 Å². The molecule has 0 amide bonds. The van der Waals surface area contributed by atoms with Crippen LogP contribution < -0.4 is 4.48 Å². The van der Waals surface area contributed by atoms with E-state index in [0.29, 0.717) is 0 Å². The Bertz CT molecular complexity index is 596. The Balaban J connectivity index is 2.05. The predicted octanol–water partition coefficient (Wildman–Crippen LogP) is 3.96. The molecule has 0 N–H and O–H groups in total. The largest absolute Gasteiger partial charge is 0.270 e. The molecule has 0 spiro atoms. The van der Waals surface area contributed by atoms with E-state index in [1.54, 1.807) is 12.1 Å². The highest BCUT2D eigenvalue weighted by molar-refractivity contribution is 7.84. The minimum atomic E-state index is -0.333. The molecule has 0 aromatic heterocycles. The Kier molecular flexibility index (Phi) is 3.34. The number of fused-ring (bicyclic) bond motifs is 1. The van der Waals surface area contributed by atoms with E-state index in [-0.39, 0.29) is 10.6 Å². The third-order valence-electron chi connectivity index (χ3n) is 4.28. The van der Waals surface area contributed by atoms with Gasteiger partial charge in [0.05, 0.1) is 18.0 Å². The van der Waals surface area contributed by atoms with Gasteiger partial charge in [-0.2, -0.15) is 0 Å². The lowest BCUT2D eigenvalue weighted by molar-refractivity contribution is -0.384. The van der Waals surface area contributed by atoms with E-state index in [2.05, 4.69) is 6.92 Å². The van der Waals surface area contributed by atoms with Crippen molar-refractivity contribution in [1.82, 2.24) is 4.48 Å². The van der Waals surface area contributed by atoms with Gasteiger partial charge in [-0.1, -0.05) is 19.6 Å². The second-order valence-electron chi connectivity index (χ2n) is 5.82. The highest BCUT2D eigenvalue weighted by Crippen LogP contribution is 2.46. The van der Waals surface area contributed by atoms with Gasteiger partial charge in [-0.05, 0) is 19.3 Å².